The number of H-pyrrole nitrogens is 1. The van der Waals surface area contributed by atoms with Crippen LogP contribution in [-0.2, 0) is 17.8 Å². The smallest absolute Gasteiger partial charge is 0.337 e. The molecule has 0 saturated carbocycles. The quantitative estimate of drug-likeness (QED) is 0.197. The molecule has 0 aliphatic heterocycles. The van der Waals surface area contributed by atoms with Gasteiger partial charge in [0.25, 0.3) is 0 Å². The van der Waals surface area contributed by atoms with E-state index in [4.69, 9.17) is 37.2 Å². The summed E-state index contributed by atoms with van der Waals surface area (Å²) in [5.41, 5.74) is 5.65. The number of halogens is 2. The van der Waals surface area contributed by atoms with Crippen molar-refractivity contribution in [3.8, 4) is 17.0 Å². The first-order valence-electron chi connectivity index (χ1n) is 12.2. The van der Waals surface area contributed by atoms with Gasteiger partial charge >= 0.3 is 5.97 Å². The molecule has 5 aromatic rings. The fraction of sp³-hybridized carbons (Fsp3) is 0.200. The predicted molar refractivity (Wildman–Crippen MR) is 149 cm³/mol. The van der Waals surface area contributed by atoms with Gasteiger partial charge in [-0.05, 0) is 53.9 Å². The summed E-state index contributed by atoms with van der Waals surface area (Å²) >= 11 is 12.9. The fourth-order valence-electron chi connectivity index (χ4n) is 4.54. The highest BCUT2D eigenvalue weighted by molar-refractivity contribution is 6.39. The number of benzene rings is 3. The van der Waals surface area contributed by atoms with Crippen molar-refractivity contribution in [2.45, 2.75) is 32.8 Å². The van der Waals surface area contributed by atoms with Crippen molar-refractivity contribution in [1.82, 2.24) is 10.1 Å². The molecular formula is C30H26Cl2N2O4. The molecule has 3 aromatic carbocycles. The van der Waals surface area contributed by atoms with Gasteiger partial charge in [-0.2, -0.15) is 0 Å². The van der Waals surface area contributed by atoms with Crippen LogP contribution in [0.4, 0.5) is 0 Å². The third-order valence-corrected chi connectivity index (χ3v) is 7.04. The van der Waals surface area contributed by atoms with Gasteiger partial charge in [-0.1, -0.05) is 60.4 Å². The van der Waals surface area contributed by atoms with Crippen LogP contribution < -0.4 is 4.74 Å². The van der Waals surface area contributed by atoms with Crippen molar-refractivity contribution >= 4 is 40.1 Å². The number of aromatic amines is 1. The molecule has 2 aromatic heterocycles. The molecule has 0 fully saturated rings. The minimum Gasteiger partial charge on any atom is -0.489 e. The maximum atomic E-state index is 11.9. The summed E-state index contributed by atoms with van der Waals surface area (Å²) in [7, 11) is 1.38. The molecule has 2 heterocycles. The summed E-state index contributed by atoms with van der Waals surface area (Å²) in [5, 5.41) is 6.38. The van der Waals surface area contributed by atoms with Crippen LogP contribution in [0.5, 0.6) is 5.75 Å². The van der Waals surface area contributed by atoms with E-state index in [2.05, 4.69) is 10.1 Å². The summed E-state index contributed by atoms with van der Waals surface area (Å²) < 4.78 is 16.7. The molecule has 0 bridgehead atoms. The average molecular weight is 549 g/mol. The Kier molecular flexibility index (Phi) is 7.45. The molecule has 0 atom stereocenters. The highest BCUT2D eigenvalue weighted by Crippen LogP contribution is 2.39. The second-order valence-corrected chi connectivity index (χ2v) is 10.1. The van der Waals surface area contributed by atoms with Gasteiger partial charge in [0, 0.05) is 34.6 Å². The number of carbonyl (C=O) groups is 1. The molecule has 0 aliphatic rings. The number of carbonyl (C=O) groups excluding carboxylic acids is 1. The van der Waals surface area contributed by atoms with Gasteiger partial charge in [-0.15, -0.1) is 0 Å². The average Bonchev–Trinajstić information content (AvgIpc) is 3.51. The second-order valence-electron chi connectivity index (χ2n) is 9.30. The summed E-state index contributed by atoms with van der Waals surface area (Å²) in [6, 6.07) is 18.8. The van der Waals surface area contributed by atoms with E-state index in [-0.39, 0.29) is 18.5 Å². The number of nitrogens with zero attached hydrogens (tertiary/aromatic N) is 1. The monoisotopic (exact) mass is 548 g/mol. The summed E-state index contributed by atoms with van der Waals surface area (Å²) in [5.74, 6) is 1.18. The molecule has 8 heteroatoms. The van der Waals surface area contributed by atoms with Gasteiger partial charge in [-0.3, -0.25) is 0 Å². The molecule has 38 heavy (non-hydrogen) atoms. The van der Waals surface area contributed by atoms with Gasteiger partial charge in [0.1, 0.15) is 23.8 Å². The lowest BCUT2D eigenvalue weighted by molar-refractivity contribution is 0.0600. The standard InChI is InChI=1S/C30H26Cl2N2O4/c1-17(2)29-23(28(34-38-29)27-24(31)8-5-9-25(27)32)16-37-21-10-11-22-20(15-33-26(22)14-21)13-18-6-4-7-19(12-18)30(35)36-3/h4-12,14-15,17,33H,13,16H2,1-3H3. The predicted octanol–water partition coefficient (Wildman–Crippen LogP) is 8.21. The molecule has 5 rings (SSSR count). The topological polar surface area (TPSA) is 77.4 Å². The van der Waals surface area contributed by atoms with Gasteiger partial charge < -0.3 is 19.0 Å². The Morgan fingerprint density at radius 2 is 1.82 bits per heavy atom. The Balaban J connectivity index is 1.39. The fourth-order valence-corrected chi connectivity index (χ4v) is 5.12. The number of aromatic nitrogens is 2. The number of nitrogens with one attached hydrogen (secondary N) is 1. The van der Waals surface area contributed by atoms with Crippen molar-refractivity contribution in [3.05, 3.63) is 105 Å². The van der Waals surface area contributed by atoms with Gasteiger partial charge in [0.05, 0.1) is 28.3 Å². The molecule has 6 nitrogen and oxygen atoms in total. The largest absolute Gasteiger partial charge is 0.489 e. The minimum absolute atomic E-state index is 0.0993. The Labute approximate surface area is 230 Å². The van der Waals surface area contributed by atoms with Crippen LogP contribution in [0, 0.1) is 0 Å². The molecule has 0 aliphatic carbocycles. The summed E-state index contributed by atoms with van der Waals surface area (Å²) in [6.07, 6.45) is 2.65. The number of methoxy groups -OCH3 is 1. The molecular weight excluding hydrogens is 523 g/mol. The van der Waals surface area contributed by atoms with Crippen LogP contribution >= 0.6 is 23.2 Å². The number of hydrogen-bond donors (Lipinski definition) is 1. The highest BCUT2D eigenvalue weighted by Gasteiger charge is 2.24. The van der Waals surface area contributed by atoms with Crippen molar-refractivity contribution in [3.63, 3.8) is 0 Å². The summed E-state index contributed by atoms with van der Waals surface area (Å²) in [4.78, 5) is 15.2. The Bertz CT molecular complexity index is 1600. The first-order valence-corrected chi connectivity index (χ1v) is 12.9. The van der Waals surface area contributed by atoms with Crippen molar-refractivity contribution in [2.24, 2.45) is 0 Å². The number of rotatable bonds is 8. The molecule has 0 radical (unpaired) electrons. The van der Waals surface area contributed by atoms with Crippen LogP contribution in [0.3, 0.4) is 0 Å². The Morgan fingerprint density at radius 3 is 2.55 bits per heavy atom. The number of hydrogen-bond acceptors (Lipinski definition) is 5. The summed E-state index contributed by atoms with van der Waals surface area (Å²) in [6.45, 7) is 4.32. The Morgan fingerprint density at radius 1 is 1.05 bits per heavy atom. The number of ether oxygens (including phenoxy) is 2. The van der Waals surface area contributed by atoms with E-state index in [1.165, 1.54) is 7.11 Å². The zero-order valence-electron chi connectivity index (χ0n) is 21.2. The third kappa shape index (κ3) is 5.15. The molecule has 194 valence electrons. The van der Waals surface area contributed by atoms with Crippen molar-refractivity contribution in [2.75, 3.05) is 7.11 Å². The third-order valence-electron chi connectivity index (χ3n) is 6.41. The highest BCUT2D eigenvalue weighted by atomic mass is 35.5. The lowest BCUT2D eigenvalue weighted by atomic mass is 10.0. The molecule has 0 unspecified atom stereocenters. The van der Waals surface area contributed by atoms with Crippen molar-refractivity contribution < 1.29 is 18.8 Å². The number of esters is 1. The van der Waals surface area contributed by atoms with Gasteiger partial charge in [0.15, 0.2) is 0 Å². The van der Waals surface area contributed by atoms with Crippen molar-refractivity contribution in [1.29, 1.82) is 0 Å². The van der Waals surface area contributed by atoms with E-state index >= 15 is 0 Å². The first kappa shape index (κ1) is 25.9. The van der Waals surface area contributed by atoms with E-state index in [1.54, 1.807) is 24.3 Å². The van der Waals surface area contributed by atoms with Crippen LogP contribution in [-0.4, -0.2) is 23.2 Å². The van der Waals surface area contributed by atoms with Crippen LogP contribution in [0.2, 0.25) is 10.0 Å². The van der Waals surface area contributed by atoms with Crippen LogP contribution in [0.25, 0.3) is 22.2 Å². The minimum atomic E-state index is -0.346. The van der Waals surface area contributed by atoms with Crippen LogP contribution in [0.1, 0.15) is 52.6 Å². The lowest BCUT2D eigenvalue weighted by Gasteiger charge is -2.11. The lowest BCUT2D eigenvalue weighted by Crippen LogP contribution is -2.02. The zero-order chi connectivity index (χ0) is 26.8. The van der Waals surface area contributed by atoms with E-state index < -0.39 is 0 Å². The normalized spacial score (nSPS) is 11.3. The zero-order valence-corrected chi connectivity index (χ0v) is 22.7. The van der Waals surface area contributed by atoms with E-state index in [9.17, 15) is 4.79 Å². The SMILES string of the molecule is COC(=O)c1cccc(Cc2c[nH]c3cc(OCc4c(-c5c(Cl)cccc5Cl)noc4C(C)C)ccc23)c1. The molecule has 0 amide bonds. The number of fused-ring (bicyclic) bond motifs is 1. The van der Waals surface area contributed by atoms with E-state index in [0.717, 1.165) is 33.4 Å². The van der Waals surface area contributed by atoms with E-state index in [1.807, 2.05) is 56.4 Å². The van der Waals surface area contributed by atoms with Gasteiger partial charge in [-0.25, -0.2) is 4.79 Å². The molecule has 0 saturated heterocycles. The first-order chi connectivity index (χ1) is 18.4. The maximum absolute atomic E-state index is 11.9. The molecule has 1 N–H and O–H groups in total. The maximum Gasteiger partial charge on any atom is 0.337 e. The Hall–Kier alpha value is -3.74. The van der Waals surface area contributed by atoms with E-state index in [0.29, 0.717) is 39.0 Å². The van der Waals surface area contributed by atoms with Crippen LogP contribution in [0.15, 0.2) is 71.4 Å². The van der Waals surface area contributed by atoms with Gasteiger partial charge in [0.2, 0.25) is 0 Å². The molecule has 0 spiro atoms. The second kappa shape index (κ2) is 10.9.